The summed E-state index contributed by atoms with van der Waals surface area (Å²) in [6.07, 6.45) is 2.72. The van der Waals surface area contributed by atoms with E-state index in [0.29, 0.717) is 18.7 Å². The van der Waals surface area contributed by atoms with E-state index in [1.165, 1.54) is 0 Å². The number of benzene rings is 1. The first-order valence-electron chi connectivity index (χ1n) is 11.2. The summed E-state index contributed by atoms with van der Waals surface area (Å²) in [5.74, 6) is 1.94. The summed E-state index contributed by atoms with van der Waals surface area (Å²) in [6, 6.07) is 9.74. The molecule has 1 saturated heterocycles. The standard InChI is InChI=1S/C25H35N3O4/c1-18-6-8-22(25(29)26-12-5-15-30-2)24(27-18)19-10-13-28(14-11-19)17-20-16-21(31-3)7-9-23(20)32-4/h6-9,16,19H,5,10-15,17H2,1-4H3,(H,26,29). The Bertz CT molecular complexity index is 895. The number of aryl methyl sites for hydroxylation is 1. The lowest BCUT2D eigenvalue weighted by atomic mass is 9.89. The highest BCUT2D eigenvalue weighted by atomic mass is 16.5. The van der Waals surface area contributed by atoms with Gasteiger partial charge in [-0.2, -0.15) is 0 Å². The molecule has 1 aromatic heterocycles. The van der Waals surface area contributed by atoms with Crippen LogP contribution >= 0.6 is 0 Å². The molecule has 32 heavy (non-hydrogen) atoms. The van der Waals surface area contributed by atoms with Gasteiger partial charge >= 0.3 is 0 Å². The summed E-state index contributed by atoms with van der Waals surface area (Å²) in [7, 11) is 5.04. The number of ether oxygens (including phenoxy) is 3. The van der Waals surface area contributed by atoms with Crippen molar-refractivity contribution < 1.29 is 19.0 Å². The first-order valence-corrected chi connectivity index (χ1v) is 11.2. The van der Waals surface area contributed by atoms with Crippen molar-refractivity contribution in [1.29, 1.82) is 0 Å². The molecule has 1 aromatic carbocycles. The number of piperidine rings is 1. The van der Waals surface area contributed by atoms with E-state index in [4.69, 9.17) is 19.2 Å². The number of aromatic nitrogens is 1. The molecule has 2 aromatic rings. The van der Waals surface area contributed by atoms with Crippen LogP contribution in [0.2, 0.25) is 0 Å². The molecule has 1 aliphatic rings. The lowest BCUT2D eigenvalue weighted by Gasteiger charge is -2.32. The third kappa shape index (κ3) is 6.20. The van der Waals surface area contributed by atoms with Gasteiger partial charge in [0.2, 0.25) is 0 Å². The Hall–Kier alpha value is -2.64. The SMILES string of the molecule is COCCCNC(=O)c1ccc(C)nc1C1CCN(Cc2cc(OC)ccc2OC)CC1. The zero-order valence-corrected chi connectivity index (χ0v) is 19.6. The highest BCUT2D eigenvalue weighted by Crippen LogP contribution is 2.32. The van der Waals surface area contributed by atoms with Gasteiger partial charge < -0.3 is 19.5 Å². The molecule has 1 aliphatic heterocycles. The molecule has 0 radical (unpaired) electrons. The third-order valence-electron chi connectivity index (χ3n) is 5.98. The van der Waals surface area contributed by atoms with E-state index < -0.39 is 0 Å². The predicted octanol–water partition coefficient (Wildman–Crippen LogP) is 3.55. The minimum Gasteiger partial charge on any atom is -0.497 e. The first kappa shape index (κ1) is 24.0. The van der Waals surface area contributed by atoms with E-state index >= 15 is 0 Å². The van der Waals surface area contributed by atoms with Crippen molar-refractivity contribution in [3.05, 3.63) is 52.8 Å². The molecule has 0 spiro atoms. The van der Waals surface area contributed by atoms with Gasteiger partial charge in [-0.1, -0.05) is 0 Å². The number of hydrogen-bond acceptors (Lipinski definition) is 6. The van der Waals surface area contributed by atoms with Gasteiger partial charge in [0.15, 0.2) is 0 Å². The molecule has 0 atom stereocenters. The van der Waals surface area contributed by atoms with Crippen LogP contribution in [0.1, 0.15) is 52.5 Å². The molecule has 7 nitrogen and oxygen atoms in total. The number of hydrogen-bond donors (Lipinski definition) is 1. The summed E-state index contributed by atoms with van der Waals surface area (Å²) in [5.41, 5.74) is 3.68. The Kier molecular flexibility index (Phi) is 8.88. The number of pyridine rings is 1. The smallest absolute Gasteiger partial charge is 0.253 e. The van der Waals surface area contributed by atoms with Crippen molar-refractivity contribution in [2.24, 2.45) is 0 Å². The molecular weight excluding hydrogens is 406 g/mol. The second-order valence-corrected chi connectivity index (χ2v) is 8.22. The number of carbonyl (C=O) groups is 1. The quantitative estimate of drug-likeness (QED) is 0.569. The van der Waals surface area contributed by atoms with Gasteiger partial charge in [0.05, 0.1) is 25.5 Å². The summed E-state index contributed by atoms with van der Waals surface area (Å²) in [6.45, 7) is 5.90. The zero-order chi connectivity index (χ0) is 22.9. The van der Waals surface area contributed by atoms with E-state index in [1.807, 2.05) is 37.3 Å². The van der Waals surface area contributed by atoms with Crippen LogP contribution in [0, 0.1) is 6.92 Å². The Labute approximate surface area is 191 Å². The number of rotatable bonds is 10. The molecule has 1 N–H and O–H groups in total. The van der Waals surface area contributed by atoms with Crippen LogP contribution < -0.4 is 14.8 Å². The van der Waals surface area contributed by atoms with Gasteiger partial charge in [-0.25, -0.2) is 0 Å². The number of methoxy groups -OCH3 is 3. The molecule has 2 heterocycles. The largest absolute Gasteiger partial charge is 0.497 e. The minimum absolute atomic E-state index is 0.0489. The predicted molar refractivity (Wildman–Crippen MR) is 125 cm³/mol. The Morgan fingerprint density at radius 3 is 2.59 bits per heavy atom. The molecule has 0 unspecified atom stereocenters. The fraction of sp³-hybridized carbons (Fsp3) is 0.520. The fourth-order valence-electron chi connectivity index (χ4n) is 4.20. The number of carbonyl (C=O) groups excluding carboxylic acids is 1. The van der Waals surface area contributed by atoms with Gasteiger partial charge in [0.1, 0.15) is 11.5 Å². The molecule has 1 amide bonds. The van der Waals surface area contributed by atoms with Crippen molar-refractivity contribution >= 4 is 5.91 Å². The molecular formula is C25H35N3O4. The molecule has 0 saturated carbocycles. The van der Waals surface area contributed by atoms with Crippen molar-refractivity contribution in [2.45, 2.75) is 38.6 Å². The highest BCUT2D eigenvalue weighted by molar-refractivity contribution is 5.95. The van der Waals surface area contributed by atoms with Gasteiger partial charge in [-0.05, 0) is 69.6 Å². The van der Waals surface area contributed by atoms with Gasteiger partial charge in [0, 0.05) is 44.0 Å². The van der Waals surface area contributed by atoms with Crippen molar-refractivity contribution in [3.8, 4) is 11.5 Å². The van der Waals surface area contributed by atoms with Crippen molar-refractivity contribution in [1.82, 2.24) is 15.2 Å². The molecule has 0 aliphatic carbocycles. The molecule has 0 bridgehead atoms. The number of nitrogens with one attached hydrogen (secondary N) is 1. The maximum atomic E-state index is 12.8. The van der Waals surface area contributed by atoms with E-state index in [-0.39, 0.29) is 11.8 Å². The van der Waals surface area contributed by atoms with Crippen LogP contribution in [-0.2, 0) is 11.3 Å². The fourth-order valence-corrected chi connectivity index (χ4v) is 4.20. The van der Waals surface area contributed by atoms with Crippen molar-refractivity contribution in [2.75, 3.05) is 47.6 Å². The second-order valence-electron chi connectivity index (χ2n) is 8.22. The summed E-state index contributed by atoms with van der Waals surface area (Å²) < 4.78 is 16.0. The van der Waals surface area contributed by atoms with Crippen LogP contribution in [0.15, 0.2) is 30.3 Å². The Morgan fingerprint density at radius 2 is 1.91 bits per heavy atom. The number of nitrogens with zero attached hydrogens (tertiary/aromatic N) is 2. The topological polar surface area (TPSA) is 72.9 Å². The Morgan fingerprint density at radius 1 is 1.12 bits per heavy atom. The van der Waals surface area contributed by atoms with Crippen LogP contribution in [0.4, 0.5) is 0 Å². The lowest BCUT2D eigenvalue weighted by molar-refractivity contribution is 0.0945. The van der Waals surface area contributed by atoms with Gasteiger partial charge in [-0.3, -0.25) is 14.7 Å². The average Bonchev–Trinajstić information content (AvgIpc) is 2.82. The molecule has 174 valence electrons. The van der Waals surface area contributed by atoms with Gasteiger partial charge in [0.25, 0.3) is 5.91 Å². The number of likely N-dealkylation sites (tertiary alicyclic amines) is 1. The molecule has 1 fully saturated rings. The summed E-state index contributed by atoms with van der Waals surface area (Å²) >= 11 is 0. The normalized spacial score (nSPS) is 14.9. The second kappa shape index (κ2) is 11.8. The van der Waals surface area contributed by atoms with E-state index in [1.54, 1.807) is 21.3 Å². The first-order chi connectivity index (χ1) is 15.5. The van der Waals surface area contributed by atoms with E-state index in [2.05, 4.69) is 10.2 Å². The highest BCUT2D eigenvalue weighted by Gasteiger charge is 2.26. The molecule has 7 heteroatoms. The zero-order valence-electron chi connectivity index (χ0n) is 19.6. The Balaban J connectivity index is 1.65. The maximum absolute atomic E-state index is 12.8. The van der Waals surface area contributed by atoms with Crippen LogP contribution in [0.25, 0.3) is 0 Å². The average molecular weight is 442 g/mol. The summed E-state index contributed by atoms with van der Waals surface area (Å²) in [4.78, 5) is 20.0. The minimum atomic E-state index is -0.0489. The van der Waals surface area contributed by atoms with Crippen LogP contribution in [0.3, 0.4) is 0 Å². The van der Waals surface area contributed by atoms with Crippen LogP contribution in [-0.4, -0.2) is 63.4 Å². The van der Waals surface area contributed by atoms with E-state index in [9.17, 15) is 4.79 Å². The molecule has 3 rings (SSSR count). The van der Waals surface area contributed by atoms with Gasteiger partial charge in [-0.15, -0.1) is 0 Å². The monoisotopic (exact) mass is 441 g/mol. The third-order valence-corrected chi connectivity index (χ3v) is 5.98. The lowest BCUT2D eigenvalue weighted by Crippen LogP contribution is -2.34. The van der Waals surface area contributed by atoms with Crippen LogP contribution in [0.5, 0.6) is 11.5 Å². The summed E-state index contributed by atoms with van der Waals surface area (Å²) in [5, 5.41) is 3.00. The van der Waals surface area contributed by atoms with Crippen molar-refractivity contribution in [3.63, 3.8) is 0 Å². The number of amides is 1. The van der Waals surface area contributed by atoms with E-state index in [0.717, 1.165) is 67.3 Å². The maximum Gasteiger partial charge on any atom is 0.253 e.